The number of fused-ring (bicyclic) bond motifs is 1. The average molecular weight is 292 g/mol. The van der Waals surface area contributed by atoms with Crippen molar-refractivity contribution in [3.63, 3.8) is 0 Å². The van der Waals surface area contributed by atoms with E-state index in [1.807, 2.05) is 6.07 Å². The summed E-state index contributed by atoms with van der Waals surface area (Å²) >= 11 is 6.14. The van der Waals surface area contributed by atoms with E-state index in [0.717, 1.165) is 5.56 Å². The third-order valence-electron chi connectivity index (χ3n) is 3.02. The average Bonchev–Trinajstić information content (AvgIpc) is 2.99. The number of aromatic nitrogens is 3. The van der Waals surface area contributed by atoms with Crippen LogP contribution in [0.2, 0.25) is 5.02 Å². The maximum absolute atomic E-state index is 11.1. The molecule has 0 saturated carbocycles. The normalized spacial score (nSPS) is 11.1. The van der Waals surface area contributed by atoms with E-state index >= 15 is 0 Å². The van der Waals surface area contributed by atoms with Crippen molar-refractivity contribution in [2.45, 2.75) is 13.5 Å². The van der Waals surface area contributed by atoms with Crippen LogP contribution < -0.4 is 0 Å². The lowest BCUT2D eigenvalue weighted by Gasteiger charge is -2.02. The Balaban J connectivity index is 2.17. The fraction of sp³-hybridized carbons (Fsp3) is 0.154. The molecule has 0 amide bonds. The summed E-state index contributed by atoms with van der Waals surface area (Å²) in [6.45, 7) is 2.25. The van der Waals surface area contributed by atoms with E-state index in [9.17, 15) is 4.79 Å². The van der Waals surface area contributed by atoms with Crippen molar-refractivity contribution in [2.24, 2.45) is 0 Å². The number of hydrogen-bond donors (Lipinski definition) is 1. The summed E-state index contributed by atoms with van der Waals surface area (Å²) in [5.41, 5.74) is 2.11. The molecular formula is C13H10ClN3O3. The quantitative estimate of drug-likeness (QED) is 0.802. The molecule has 0 fully saturated rings. The van der Waals surface area contributed by atoms with Gasteiger partial charge in [0.25, 0.3) is 0 Å². The van der Waals surface area contributed by atoms with Crippen LogP contribution in [0.4, 0.5) is 0 Å². The Bertz CT molecular complexity index is 793. The largest absolute Gasteiger partial charge is 0.478 e. The first kappa shape index (κ1) is 12.7. The number of rotatable bonds is 3. The Morgan fingerprint density at radius 2 is 2.35 bits per heavy atom. The number of aryl methyl sites for hydroxylation is 1. The first-order valence-electron chi connectivity index (χ1n) is 5.84. The summed E-state index contributed by atoms with van der Waals surface area (Å²) in [6, 6.07) is 1.83. The minimum atomic E-state index is -1.11. The molecule has 0 radical (unpaired) electrons. The third-order valence-corrected chi connectivity index (χ3v) is 3.41. The van der Waals surface area contributed by atoms with E-state index in [-0.39, 0.29) is 10.6 Å². The molecule has 0 atom stereocenters. The number of nitrogens with zero attached hydrogens (tertiary/aromatic N) is 3. The second-order valence-electron chi connectivity index (χ2n) is 4.36. The van der Waals surface area contributed by atoms with E-state index in [1.165, 1.54) is 6.20 Å². The topological polar surface area (TPSA) is 81.2 Å². The van der Waals surface area contributed by atoms with Crippen LogP contribution in [-0.4, -0.2) is 25.8 Å². The molecule has 0 aliphatic heterocycles. The molecule has 3 aromatic heterocycles. The first-order chi connectivity index (χ1) is 9.58. The second-order valence-corrected chi connectivity index (χ2v) is 4.74. The van der Waals surface area contributed by atoms with Gasteiger partial charge in [-0.05, 0) is 13.0 Å². The highest BCUT2D eigenvalue weighted by molar-refractivity contribution is 6.38. The van der Waals surface area contributed by atoms with Gasteiger partial charge in [-0.1, -0.05) is 11.6 Å². The fourth-order valence-electron chi connectivity index (χ4n) is 2.09. The van der Waals surface area contributed by atoms with Crippen LogP contribution in [0.5, 0.6) is 0 Å². The molecule has 20 heavy (non-hydrogen) atoms. The molecule has 0 aliphatic carbocycles. The Morgan fingerprint density at radius 3 is 3.00 bits per heavy atom. The Morgan fingerprint density at radius 1 is 1.55 bits per heavy atom. The molecule has 7 heteroatoms. The van der Waals surface area contributed by atoms with Crippen LogP contribution in [0, 0.1) is 6.92 Å². The van der Waals surface area contributed by atoms with E-state index in [2.05, 4.69) is 10.1 Å². The molecule has 0 unspecified atom stereocenters. The maximum Gasteiger partial charge on any atom is 0.338 e. The summed E-state index contributed by atoms with van der Waals surface area (Å²) in [5.74, 6) is -1.11. The van der Waals surface area contributed by atoms with Crippen LogP contribution in [0.15, 0.2) is 29.2 Å². The number of hydrogen-bond acceptors (Lipinski definition) is 4. The zero-order valence-electron chi connectivity index (χ0n) is 10.5. The monoisotopic (exact) mass is 291 g/mol. The van der Waals surface area contributed by atoms with Gasteiger partial charge in [0.1, 0.15) is 0 Å². The SMILES string of the molecule is Cc1nn(Cc2ccoc2)c2ncc(C(=O)O)c(Cl)c12. The van der Waals surface area contributed by atoms with Gasteiger partial charge in [-0.2, -0.15) is 5.10 Å². The van der Waals surface area contributed by atoms with Crippen molar-refractivity contribution in [1.82, 2.24) is 14.8 Å². The number of carboxylic acids is 1. The van der Waals surface area contributed by atoms with E-state index in [4.69, 9.17) is 21.1 Å². The van der Waals surface area contributed by atoms with Crippen LogP contribution in [-0.2, 0) is 6.54 Å². The highest BCUT2D eigenvalue weighted by Crippen LogP contribution is 2.28. The molecule has 3 aromatic rings. The van der Waals surface area contributed by atoms with Crippen molar-refractivity contribution in [3.05, 3.63) is 46.6 Å². The van der Waals surface area contributed by atoms with Crippen molar-refractivity contribution < 1.29 is 14.3 Å². The third kappa shape index (κ3) is 1.94. The lowest BCUT2D eigenvalue weighted by atomic mass is 10.2. The second kappa shape index (κ2) is 4.64. The van der Waals surface area contributed by atoms with Gasteiger partial charge in [-0.25, -0.2) is 14.5 Å². The van der Waals surface area contributed by atoms with E-state index in [0.29, 0.717) is 23.3 Å². The number of pyridine rings is 1. The molecule has 102 valence electrons. The Labute approximate surface area is 118 Å². The number of carbonyl (C=O) groups is 1. The van der Waals surface area contributed by atoms with Gasteiger partial charge in [0, 0.05) is 11.8 Å². The van der Waals surface area contributed by atoms with Crippen LogP contribution in [0.25, 0.3) is 11.0 Å². The highest BCUT2D eigenvalue weighted by atomic mass is 35.5. The van der Waals surface area contributed by atoms with Gasteiger partial charge in [0.2, 0.25) is 0 Å². The maximum atomic E-state index is 11.1. The van der Waals surface area contributed by atoms with Gasteiger partial charge in [0.15, 0.2) is 5.65 Å². The van der Waals surface area contributed by atoms with Crippen molar-refractivity contribution in [2.75, 3.05) is 0 Å². The molecular weight excluding hydrogens is 282 g/mol. The fourth-order valence-corrected chi connectivity index (χ4v) is 2.44. The Hall–Kier alpha value is -2.34. The van der Waals surface area contributed by atoms with Crippen LogP contribution >= 0.6 is 11.6 Å². The minimum Gasteiger partial charge on any atom is -0.478 e. The molecule has 0 saturated heterocycles. The summed E-state index contributed by atoms with van der Waals surface area (Å²) in [7, 11) is 0. The number of carboxylic acid groups (broad SMARTS) is 1. The molecule has 0 spiro atoms. The molecule has 1 N–H and O–H groups in total. The van der Waals surface area contributed by atoms with Crippen molar-refractivity contribution in [1.29, 1.82) is 0 Å². The van der Waals surface area contributed by atoms with E-state index in [1.54, 1.807) is 24.1 Å². The summed E-state index contributed by atoms with van der Waals surface area (Å²) < 4.78 is 6.69. The zero-order chi connectivity index (χ0) is 14.3. The first-order valence-corrected chi connectivity index (χ1v) is 6.21. The van der Waals surface area contributed by atoms with Crippen molar-refractivity contribution >= 4 is 28.6 Å². The van der Waals surface area contributed by atoms with Crippen LogP contribution in [0.1, 0.15) is 21.6 Å². The molecule has 6 nitrogen and oxygen atoms in total. The minimum absolute atomic E-state index is 0.0230. The predicted molar refractivity (Wildman–Crippen MR) is 72.0 cm³/mol. The van der Waals surface area contributed by atoms with Gasteiger partial charge < -0.3 is 9.52 Å². The van der Waals surface area contributed by atoms with Crippen molar-refractivity contribution in [3.8, 4) is 0 Å². The van der Waals surface area contributed by atoms with E-state index < -0.39 is 5.97 Å². The van der Waals surface area contributed by atoms with Gasteiger partial charge in [0.05, 0.1) is 40.7 Å². The summed E-state index contributed by atoms with van der Waals surface area (Å²) in [4.78, 5) is 15.2. The van der Waals surface area contributed by atoms with Gasteiger partial charge >= 0.3 is 5.97 Å². The molecule has 0 aromatic carbocycles. The molecule has 3 heterocycles. The molecule has 3 rings (SSSR count). The van der Waals surface area contributed by atoms with Crippen LogP contribution in [0.3, 0.4) is 0 Å². The standard InChI is InChI=1S/C13H10ClN3O3/c1-7-10-11(14)9(13(18)19)4-15-12(10)17(16-7)5-8-2-3-20-6-8/h2-4,6H,5H2,1H3,(H,18,19). The predicted octanol–water partition coefficient (Wildman–Crippen LogP) is 2.73. The number of furan rings is 1. The summed E-state index contributed by atoms with van der Waals surface area (Å²) in [6.07, 6.45) is 4.45. The lowest BCUT2D eigenvalue weighted by Crippen LogP contribution is -2.03. The smallest absolute Gasteiger partial charge is 0.338 e. The molecule has 0 aliphatic rings. The Kier molecular flexibility index (Phi) is 2.94. The number of halogens is 1. The zero-order valence-corrected chi connectivity index (χ0v) is 11.3. The lowest BCUT2D eigenvalue weighted by molar-refractivity contribution is 0.0697. The molecule has 0 bridgehead atoms. The van der Waals surface area contributed by atoms with Gasteiger partial charge in [-0.15, -0.1) is 0 Å². The highest BCUT2D eigenvalue weighted by Gasteiger charge is 2.18. The number of aromatic carboxylic acids is 1. The summed E-state index contributed by atoms with van der Waals surface area (Å²) in [5, 5.41) is 14.2. The van der Waals surface area contributed by atoms with Gasteiger partial charge in [-0.3, -0.25) is 0 Å².